The van der Waals surface area contributed by atoms with Gasteiger partial charge in [0, 0.05) is 6.04 Å². The topological polar surface area (TPSA) is 52.0 Å². The molecule has 0 radical (unpaired) electrons. The Hall–Kier alpha value is -0.860. The second-order valence-corrected chi connectivity index (χ2v) is 6.31. The minimum atomic E-state index is 0.113. The predicted octanol–water partition coefficient (Wildman–Crippen LogP) is 3.34. The summed E-state index contributed by atoms with van der Waals surface area (Å²) in [6.45, 7) is 11.8. The van der Waals surface area contributed by atoms with Gasteiger partial charge in [-0.2, -0.15) is 0 Å². The van der Waals surface area contributed by atoms with E-state index in [1.807, 2.05) is 0 Å². The Balaban J connectivity index is 3.09. The van der Waals surface area contributed by atoms with E-state index in [2.05, 4.69) is 46.8 Å². The fourth-order valence-electron chi connectivity index (χ4n) is 2.47. The molecule has 0 bridgehead atoms. The summed E-state index contributed by atoms with van der Waals surface area (Å²) in [5.41, 5.74) is 17.3. The van der Waals surface area contributed by atoms with Crippen molar-refractivity contribution in [3.8, 4) is 0 Å². The van der Waals surface area contributed by atoms with Crippen LogP contribution in [-0.2, 0) is 5.41 Å². The van der Waals surface area contributed by atoms with Crippen molar-refractivity contribution in [3.63, 3.8) is 0 Å². The molecule has 0 aliphatic rings. The Morgan fingerprint density at radius 3 is 2.00 bits per heavy atom. The second kappa shape index (κ2) is 5.85. The van der Waals surface area contributed by atoms with E-state index in [1.165, 1.54) is 22.3 Å². The zero-order valence-electron chi connectivity index (χ0n) is 12.5. The van der Waals surface area contributed by atoms with Crippen LogP contribution in [0, 0.1) is 13.8 Å². The Morgan fingerprint density at radius 2 is 1.61 bits per heavy atom. The summed E-state index contributed by atoms with van der Waals surface area (Å²) in [6.07, 6.45) is 1.95. The van der Waals surface area contributed by atoms with Gasteiger partial charge in [0.25, 0.3) is 0 Å². The van der Waals surface area contributed by atoms with Gasteiger partial charge < -0.3 is 11.5 Å². The van der Waals surface area contributed by atoms with Gasteiger partial charge in [0.05, 0.1) is 0 Å². The van der Waals surface area contributed by atoms with E-state index in [1.54, 1.807) is 0 Å². The molecule has 18 heavy (non-hydrogen) atoms. The summed E-state index contributed by atoms with van der Waals surface area (Å²) in [5.74, 6) is 0. The maximum absolute atomic E-state index is 6.29. The monoisotopic (exact) mass is 248 g/mol. The van der Waals surface area contributed by atoms with E-state index in [0.29, 0.717) is 6.54 Å². The normalized spacial score (nSPS) is 13.7. The first-order valence-electron chi connectivity index (χ1n) is 6.84. The third kappa shape index (κ3) is 3.56. The molecule has 0 aromatic heterocycles. The predicted molar refractivity (Wildman–Crippen MR) is 79.8 cm³/mol. The van der Waals surface area contributed by atoms with Gasteiger partial charge in [0.1, 0.15) is 0 Å². The molecule has 1 aromatic rings. The molecule has 1 unspecified atom stereocenters. The molecule has 0 saturated heterocycles. The van der Waals surface area contributed by atoms with E-state index >= 15 is 0 Å². The third-order valence-corrected chi connectivity index (χ3v) is 3.55. The van der Waals surface area contributed by atoms with E-state index in [-0.39, 0.29) is 11.5 Å². The maximum Gasteiger partial charge on any atom is 0.0300 e. The molecular weight excluding hydrogens is 220 g/mol. The van der Waals surface area contributed by atoms with Crippen LogP contribution >= 0.6 is 0 Å². The zero-order chi connectivity index (χ0) is 13.9. The van der Waals surface area contributed by atoms with Gasteiger partial charge in [-0.15, -0.1) is 0 Å². The number of nitrogens with two attached hydrogens (primary N) is 2. The van der Waals surface area contributed by atoms with Gasteiger partial charge in [-0.05, 0) is 60.9 Å². The Labute approximate surface area is 112 Å². The zero-order valence-corrected chi connectivity index (χ0v) is 12.5. The molecule has 4 N–H and O–H groups in total. The van der Waals surface area contributed by atoms with Crippen LogP contribution < -0.4 is 11.5 Å². The van der Waals surface area contributed by atoms with Crippen LogP contribution in [-0.4, -0.2) is 6.54 Å². The lowest BCUT2D eigenvalue weighted by atomic mass is 9.82. The second-order valence-electron chi connectivity index (χ2n) is 6.31. The lowest BCUT2D eigenvalue weighted by Crippen LogP contribution is -2.17. The summed E-state index contributed by atoms with van der Waals surface area (Å²) in [7, 11) is 0. The molecule has 1 atom stereocenters. The SMILES string of the molecule is Cc1cc(C(C)(C)C)cc(C)c1C(N)CCCN. The standard InChI is InChI=1S/C16H28N2/c1-11-9-13(16(3,4)5)10-12(2)15(11)14(18)7-6-8-17/h9-10,14H,6-8,17-18H2,1-5H3. The van der Waals surface area contributed by atoms with E-state index in [9.17, 15) is 0 Å². The van der Waals surface area contributed by atoms with Crippen molar-refractivity contribution < 1.29 is 0 Å². The van der Waals surface area contributed by atoms with Crippen LogP contribution in [0.5, 0.6) is 0 Å². The van der Waals surface area contributed by atoms with Crippen molar-refractivity contribution in [2.24, 2.45) is 11.5 Å². The van der Waals surface area contributed by atoms with Crippen LogP contribution in [0.3, 0.4) is 0 Å². The van der Waals surface area contributed by atoms with Gasteiger partial charge >= 0.3 is 0 Å². The first kappa shape index (κ1) is 15.2. The molecule has 2 nitrogen and oxygen atoms in total. The summed E-state index contributed by atoms with van der Waals surface area (Å²) in [4.78, 5) is 0. The molecule has 0 fully saturated rings. The summed E-state index contributed by atoms with van der Waals surface area (Å²) >= 11 is 0. The smallest absolute Gasteiger partial charge is 0.0300 e. The highest BCUT2D eigenvalue weighted by atomic mass is 14.6. The van der Waals surface area contributed by atoms with Crippen molar-refractivity contribution in [2.45, 2.75) is 58.9 Å². The van der Waals surface area contributed by atoms with Crippen molar-refractivity contribution in [3.05, 3.63) is 34.4 Å². The van der Waals surface area contributed by atoms with E-state index < -0.39 is 0 Å². The minimum Gasteiger partial charge on any atom is -0.330 e. The first-order chi connectivity index (χ1) is 8.27. The molecule has 0 spiro atoms. The Bertz CT molecular complexity index is 379. The highest BCUT2D eigenvalue weighted by Crippen LogP contribution is 2.30. The molecular formula is C16H28N2. The van der Waals surface area contributed by atoms with Gasteiger partial charge in [0.2, 0.25) is 0 Å². The van der Waals surface area contributed by atoms with Gasteiger partial charge in [-0.25, -0.2) is 0 Å². The van der Waals surface area contributed by atoms with Gasteiger partial charge in [-0.3, -0.25) is 0 Å². The molecule has 1 rings (SSSR count). The number of aryl methyl sites for hydroxylation is 2. The van der Waals surface area contributed by atoms with Crippen LogP contribution in [0.1, 0.15) is 61.9 Å². The van der Waals surface area contributed by atoms with E-state index in [0.717, 1.165) is 12.8 Å². The quantitative estimate of drug-likeness (QED) is 0.858. The number of hydrogen-bond donors (Lipinski definition) is 2. The molecule has 0 amide bonds. The molecule has 2 heteroatoms. The van der Waals surface area contributed by atoms with Crippen molar-refractivity contribution in [2.75, 3.05) is 6.54 Å². The maximum atomic E-state index is 6.29. The average molecular weight is 248 g/mol. The number of rotatable bonds is 4. The fraction of sp³-hybridized carbons (Fsp3) is 0.625. The number of benzene rings is 1. The first-order valence-corrected chi connectivity index (χ1v) is 6.84. The highest BCUT2D eigenvalue weighted by Gasteiger charge is 2.18. The fourth-order valence-corrected chi connectivity index (χ4v) is 2.47. The molecule has 0 aliphatic heterocycles. The molecule has 0 saturated carbocycles. The van der Waals surface area contributed by atoms with Crippen molar-refractivity contribution in [1.82, 2.24) is 0 Å². The van der Waals surface area contributed by atoms with Crippen LogP contribution in [0.25, 0.3) is 0 Å². The van der Waals surface area contributed by atoms with E-state index in [4.69, 9.17) is 11.5 Å². The van der Waals surface area contributed by atoms with Crippen LogP contribution in [0.4, 0.5) is 0 Å². The highest BCUT2D eigenvalue weighted by molar-refractivity contribution is 5.42. The Morgan fingerprint density at radius 1 is 1.11 bits per heavy atom. The molecule has 0 aliphatic carbocycles. The number of hydrogen-bond acceptors (Lipinski definition) is 2. The third-order valence-electron chi connectivity index (χ3n) is 3.55. The lowest BCUT2D eigenvalue weighted by Gasteiger charge is -2.24. The van der Waals surface area contributed by atoms with Crippen LogP contribution in [0.2, 0.25) is 0 Å². The van der Waals surface area contributed by atoms with Crippen LogP contribution in [0.15, 0.2) is 12.1 Å². The molecule has 102 valence electrons. The average Bonchev–Trinajstić information content (AvgIpc) is 2.24. The summed E-state index contributed by atoms with van der Waals surface area (Å²) in [5, 5.41) is 0. The van der Waals surface area contributed by atoms with Gasteiger partial charge in [0.15, 0.2) is 0 Å². The van der Waals surface area contributed by atoms with Crippen molar-refractivity contribution in [1.29, 1.82) is 0 Å². The Kier molecular flexibility index (Phi) is 4.94. The summed E-state index contributed by atoms with van der Waals surface area (Å²) in [6, 6.07) is 4.68. The molecule has 0 heterocycles. The largest absolute Gasteiger partial charge is 0.330 e. The summed E-state index contributed by atoms with van der Waals surface area (Å²) < 4.78 is 0. The van der Waals surface area contributed by atoms with Gasteiger partial charge in [-0.1, -0.05) is 32.9 Å². The molecule has 1 aromatic carbocycles. The van der Waals surface area contributed by atoms with Crippen molar-refractivity contribution >= 4 is 0 Å². The minimum absolute atomic E-state index is 0.113. The lowest BCUT2D eigenvalue weighted by molar-refractivity contribution is 0.583.